The molecule has 0 saturated carbocycles. The summed E-state index contributed by atoms with van der Waals surface area (Å²) in [6, 6.07) is 15.9. The van der Waals surface area contributed by atoms with E-state index in [2.05, 4.69) is 41.2 Å². The van der Waals surface area contributed by atoms with Gasteiger partial charge in [-0.25, -0.2) is 0 Å². The minimum absolute atomic E-state index is 0.0864. The zero-order chi connectivity index (χ0) is 13.8. The second kappa shape index (κ2) is 6.22. The molecular weight excluding hydrogens is 302 g/mol. The van der Waals surface area contributed by atoms with Crippen LogP contribution in [0.25, 0.3) is 0 Å². The van der Waals surface area contributed by atoms with E-state index in [0.717, 1.165) is 10.0 Å². The molecule has 0 aliphatic carbocycles. The monoisotopic (exact) mass is 319 g/mol. The second-order valence-corrected chi connectivity index (χ2v) is 5.54. The van der Waals surface area contributed by atoms with Gasteiger partial charge in [-0.15, -0.1) is 0 Å². The highest BCUT2D eigenvalue weighted by Crippen LogP contribution is 2.28. The van der Waals surface area contributed by atoms with Gasteiger partial charge in [0.25, 0.3) is 0 Å². The number of hydrogen-bond donors (Lipinski definition) is 2. The summed E-state index contributed by atoms with van der Waals surface area (Å²) in [5.41, 5.74) is 2.13. The Labute approximate surface area is 122 Å². The number of benzene rings is 2. The molecule has 2 rings (SSSR count). The van der Waals surface area contributed by atoms with Gasteiger partial charge in [0.15, 0.2) is 0 Å². The average Bonchev–Trinajstić information content (AvgIpc) is 2.39. The van der Waals surface area contributed by atoms with Crippen molar-refractivity contribution in [3.63, 3.8) is 0 Å². The van der Waals surface area contributed by atoms with Gasteiger partial charge in [0.1, 0.15) is 5.75 Å². The molecule has 100 valence electrons. The lowest BCUT2D eigenvalue weighted by atomic mass is 10.0. The highest BCUT2D eigenvalue weighted by molar-refractivity contribution is 9.10. The number of hydrogen-bond acceptors (Lipinski definition) is 2. The van der Waals surface area contributed by atoms with Crippen LogP contribution in [0, 0.1) is 0 Å². The SMILES string of the molecule is CC(NC(C)c1ccccc1Br)c1ccccc1O. The molecule has 19 heavy (non-hydrogen) atoms. The second-order valence-electron chi connectivity index (χ2n) is 4.69. The summed E-state index contributed by atoms with van der Waals surface area (Å²) < 4.78 is 1.10. The first kappa shape index (κ1) is 14.1. The third-order valence-electron chi connectivity index (χ3n) is 3.27. The highest BCUT2D eigenvalue weighted by atomic mass is 79.9. The molecular formula is C16H18BrNO. The number of halogens is 1. The van der Waals surface area contributed by atoms with E-state index in [1.165, 1.54) is 5.56 Å². The van der Waals surface area contributed by atoms with E-state index in [4.69, 9.17) is 0 Å². The lowest BCUT2D eigenvalue weighted by Gasteiger charge is -2.22. The molecule has 2 unspecified atom stereocenters. The van der Waals surface area contributed by atoms with Crippen molar-refractivity contribution in [1.82, 2.24) is 5.32 Å². The Morgan fingerprint density at radius 1 is 0.895 bits per heavy atom. The molecule has 2 N–H and O–H groups in total. The van der Waals surface area contributed by atoms with Gasteiger partial charge in [-0.2, -0.15) is 0 Å². The van der Waals surface area contributed by atoms with Crippen molar-refractivity contribution in [2.75, 3.05) is 0 Å². The van der Waals surface area contributed by atoms with Crippen LogP contribution >= 0.6 is 15.9 Å². The summed E-state index contributed by atoms with van der Waals surface area (Å²) in [5, 5.41) is 13.4. The van der Waals surface area contributed by atoms with E-state index in [1.54, 1.807) is 6.07 Å². The maximum absolute atomic E-state index is 9.87. The fourth-order valence-corrected chi connectivity index (χ4v) is 2.86. The number of aromatic hydroxyl groups is 1. The zero-order valence-electron chi connectivity index (χ0n) is 11.1. The average molecular weight is 320 g/mol. The van der Waals surface area contributed by atoms with Crippen LogP contribution in [-0.2, 0) is 0 Å². The fourth-order valence-electron chi connectivity index (χ4n) is 2.23. The van der Waals surface area contributed by atoms with Crippen molar-refractivity contribution in [3.05, 3.63) is 64.1 Å². The van der Waals surface area contributed by atoms with Crippen molar-refractivity contribution in [3.8, 4) is 5.75 Å². The van der Waals surface area contributed by atoms with E-state index in [1.807, 2.05) is 36.4 Å². The predicted molar refractivity (Wildman–Crippen MR) is 82.2 cm³/mol. The van der Waals surface area contributed by atoms with Crippen LogP contribution in [0.3, 0.4) is 0 Å². The predicted octanol–water partition coefficient (Wildman–Crippen LogP) is 4.57. The van der Waals surface area contributed by atoms with Gasteiger partial charge in [-0.1, -0.05) is 52.3 Å². The van der Waals surface area contributed by atoms with Crippen molar-refractivity contribution in [1.29, 1.82) is 0 Å². The zero-order valence-corrected chi connectivity index (χ0v) is 12.7. The van der Waals surface area contributed by atoms with E-state index in [0.29, 0.717) is 5.75 Å². The third-order valence-corrected chi connectivity index (χ3v) is 4.00. The molecule has 0 bridgehead atoms. The molecule has 2 atom stereocenters. The van der Waals surface area contributed by atoms with Crippen LogP contribution in [0.1, 0.15) is 37.1 Å². The number of nitrogens with one attached hydrogen (secondary N) is 1. The summed E-state index contributed by atoms with van der Waals surface area (Å²) in [6.45, 7) is 4.18. The van der Waals surface area contributed by atoms with E-state index in [9.17, 15) is 5.11 Å². The topological polar surface area (TPSA) is 32.3 Å². The van der Waals surface area contributed by atoms with E-state index >= 15 is 0 Å². The Morgan fingerprint density at radius 3 is 2.05 bits per heavy atom. The standard InChI is InChI=1S/C16H18BrNO/c1-11(13-7-3-5-9-15(13)17)18-12(2)14-8-4-6-10-16(14)19/h3-12,18-19H,1-2H3. The molecule has 0 fully saturated rings. The number of phenolic OH excluding ortho intramolecular Hbond substituents is 1. The van der Waals surface area contributed by atoms with Gasteiger partial charge in [0.05, 0.1) is 0 Å². The third kappa shape index (κ3) is 3.37. The maximum Gasteiger partial charge on any atom is 0.120 e. The largest absolute Gasteiger partial charge is 0.508 e. The molecule has 0 radical (unpaired) electrons. The Morgan fingerprint density at radius 2 is 1.42 bits per heavy atom. The number of phenols is 1. The van der Waals surface area contributed by atoms with Gasteiger partial charge < -0.3 is 10.4 Å². The first-order chi connectivity index (χ1) is 9.09. The highest BCUT2D eigenvalue weighted by Gasteiger charge is 2.15. The molecule has 3 heteroatoms. The Bertz CT molecular complexity index is 506. The van der Waals surface area contributed by atoms with Gasteiger partial charge in [0, 0.05) is 22.1 Å². The van der Waals surface area contributed by atoms with Crippen LogP contribution in [0.5, 0.6) is 5.75 Å². The number of para-hydroxylation sites is 1. The maximum atomic E-state index is 9.87. The molecule has 0 saturated heterocycles. The van der Waals surface area contributed by atoms with E-state index < -0.39 is 0 Å². The van der Waals surface area contributed by atoms with Gasteiger partial charge in [-0.05, 0) is 31.5 Å². The Kier molecular flexibility index (Phi) is 4.61. The molecule has 0 aliphatic heterocycles. The van der Waals surface area contributed by atoms with Crippen LogP contribution in [0.15, 0.2) is 53.0 Å². The van der Waals surface area contributed by atoms with Crippen molar-refractivity contribution in [2.24, 2.45) is 0 Å². The van der Waals surface area contributed by atoms with Crippen molar-refractivity contribution in [2.45, 2.75) is 25.9 Å². The van der Waals surface area contributed by atoms with Crippen LogP contribution < -0.4 is 5.32 Å². The van der Waals surface area contributed by atoms with Crippen LogP contribution in [-0.4, -0.2) is 5.11 Å². The van der Waals surface area contributed by atoms with E-state index in [-0.39, 0.29) is 12.1 Å². The molecule has 0 amide bonds. The normalized spacial score (nSPS) is 14.1. The summed E-state index contributed by atoms with van der Waals surface area (Å²) in [4.78, 5) is 0. The first-order valence-corrected chi connectivity index (χ1v) is 7.17. The Balaban J connectivity index is 2.13. The lowest BCUT2D eigenvalue weighted by molar-refractivity contribution is 0.438. The van der Waals surface area contributed by atoms with Gasteiger partial charge >= 0.3 is 0 Å². The van der Waals surface area contributed by atoms with Crippen molar-refractivity contribution < 1.29 is 5.11 Å². The Hall–Kier alpha value is -1.32. The summed E-state index contributed by atoms with van der Waals surface area (Å²) in [6.07, 6.45) is 0. The first-order valence-electron chi connectivity index (χ1n) is 6.38. The molecule has 2 nitrogen and oxygen atoms in total. The van der Waals surface area contributed by atoms with Crippen LogP contribution in [0.4, 0.5) is 0 Å². The molecule has 2 aromatic carbocycles. The summed E-state index contributed by atoms with van der Waals surface area (Å²) >= 11 is 3.57. The number of rotatable bonds is 4. The smallest absolute Gasteiger partial charge is 0.120 e. The summed E-state index contributed by atoms with van der Waals surface area (Å²) in [5.74, 6) is 0.335. The molecule has 2 aromatic rings. The molecule has 0 aromatic heterocycles. The van der Waals surface area contributed by atoms with Crippen LogP contribution in [0.2, 0.25) is 0 Å². The van der Waals surface area contributed by atoms with Gasteiger partial charge in [-0.3, -0.25) is 0 Å². The molecule has 0 spiro atoms. The van der Waals surface area contributed by atoms with Crippen molar-refractivity contribution >= 4 is 15.9 Å². The quantitative estimate of drug-likeness (QED) is 0.865. The molecule has 0 aliphatic rings. The minimum atomic E-state index is 0.0864. The molecule has 0 heterocycles. The summed E-state index contributed by atoms with van der Waals surface area (Å²) in [7, 11) is 0. The van der Waals surface area contributed by atoms with Gasteiger partial charge in [0.2, 0.25) is 0 Å². The minimum Gasteiger partial charge on any atom is -0.508 e. The lowest BCUT2D eigenvalue weighted by Crippen LogP contribution is -2.22. The fraction of sp³-hybridized carbons (Fsp3) is 0.250.